The second-order valence-corrected chi connectivity index (χ2v) is 7.59. The number of rotatable bonds is 5. The minimum Gasteiger partial charge on any atom is -0.497 e. The molecule has 0 bridgehead atoms. The van der Waals surface area contributed by atoms with Crippen LogP contribution in [0.4, 0.5) is 0 Å². The molecule has 0 radical (unpaired) electrons. The van der Waals surface area contributed by atoms with E-state index < -0.39 is 0 Å². The van der Waals surface area contributed by atoms with Crippen LogP contribution in [0.1, 0.15) is 28.8 Å². The minimum absolute atomic E-state index is 0.0461. The van der Waals surface area contributed by atoms with Crippen LogP contribution in [-0.2, 0) is 0 Å². The number of methoxy groups -OCH3 is 2. The van der Waals surface area contributed by atoms with E-state index in [1.54, 1.807) is 14.2 Å². The number of amidine groups is 1. The fourth-order valence-corrected chi connectivity index (χ4v) is 3.73. The van der Waals surface area contributed by atoms with Crippen molar-refractivity contribution in [2.75, 3.05) is 14.2 Å². The monoisotopic (exact) mass is 426 g/mol. The fourth-order valence-electron chi connectivity index (χ4n) is 3.48. The minimum atomic E-state index is -0.116. The van der Waals surface area contributed by atoms with Crippen molar-refractivity contribution in [3.8, 4) is 11.5 Å². The highest BCUT2D eigenvalue weighted by molar-refractivity contribution is 6.30. The Morgan fingerprint density at radius 2 is 1.41 bits per heavy atom. The van der Waals surface area contributed by atoms with E-state index in [4.69, 9.17) is 37.7 Å². The summed E-state index contributed by atoms with van der Waals surface area (Å²) < 4.78 is 10.9. The van der Waals surface area contributed by atoms with Gasteiger partial charge in [0.1, 0.15) is 23.4 Å². The molecule has 3 aromatic rings. The summed E-state index contributed by atoms with van der Waals surface area (Å²) in [5.74, 6) is 2.19. The standard InChI is InChI=1S/C23H20Cl2N2O2/c1-28-18-11-12-19(20(13-18)29-2)23-26-21(14-3-7-16(24)8-4-14)22(27-23)15-5-9-17(25)10-6-15/h3-13,21-22H,1-2H3,(H,26,27)/t21-,22+. The maximum atomic E-state index is 6.09. The summed E-state index contributed by atoms with van der Waals surface area (Å²) in [6, 6.07) is 21.2. The number of nitrogens with one attached hydrogen (secondary N) is 1. The first-order valence-electron chi connectivity index (χ1n) is 9.16. The molecule has 0 amide bonds. The molecule has 1 heterocycles. The summed E-state index contributed by atoms with van der Waals surface area (Å²) in [4.78, 5) is 5.01. The molecule has 29 heavy (non-hydrogen) atoms. The van der Waals surface area contributed by atoms with Crippen LogP contribution in [0.5, 0.6) is 11.5 Å². The lowest BCUT2D eigenvalue weighted by Gasteiger charge is -2.20. The fraction of sp³-hybridized carbons (Fsp3) is 0.174. The lowest BCUT2D eigenvalue weighted by Crippen LogP contribution is -2.25. The van der Waals surface area contributed by atoms with Crippen LogP contribution < -0.4 is 14.8 Å². The molecule has 0 saturated carbocycles. The third-order valence-corrected chi connectivity index (χ3v) is 5.48. The van der Waals surface area contributed by atoms with Crippen LogP contribution in [0, 0.1) is 0 Å². The molecule has 4 nitrogen and oxygen atoms in total. The Morgan fingerprint density at radius 1 is 0.793 bits per heavy atom. The molecule has 4 rings (SSSR count). The first-order chi connectivity index (χ1) is 14.1. The Balaban J connectivity index is 1.77. The number of hydrogen-bond acceptors (Lipinski definition) is 4. The van der Waals surface area contributed by atoms with Gasteiger partial charge in [-0.05, 0) is 47.5 Å². The molecule has 3 aromatic carbocycles. The van der Waals surface area contributed by atoms with Crippen LogP contribution in [0.2, 0.25) is 10.0 Å². The molecular formula is C23H20Cl2N2O2. The predicted octanol–water partition coefficient (Wildman–Crippen LogP) is 5.84. The molecule has 0 spiro atoms. The van der Waals surface area contributed by atoms with Gasteiger partial charge in [0.25, 0.3) is 0 Å². The predicted molar refractivity (Wildman–Crippen MR) is 118 cm³/mol. The number of nitrogens with zero attached hydrogens (tertiary/aromatic N) is 1. The Bertz CT molecular complexity index is 1030. The SMILES string of the molecule is COc1ccc(C2=N[C@H](c3ccc(Cl)cc3)[C@H](c3ccc(Cl)cc3)N2)c(OC)c1. The van der Waals surface area contributed by atoms with Crippen molar-refractivity contribution in [2.24, 2.45) is 4.99 Å². The first kappa shape index (κ1) is 19.6. The molecule has 2 atom stereocenters. The van der Waals surface area contributed by atoms with Crippen LogP contribution in [0.3, 0.4) is 0 Å². The quantitative estimate of drug-likeness (QED) is 0.556. The van der Waals surface area contributed by atoms with Crippen LogP contribution in [0.25, 0.3) is 0 Å². The van der Waals surface area contributed by atoms with E-state index in [0.29, 0.717) is 15.8 Å². The zero-order valence-electron chi connectivity index (χ0n) is 16.0. The summed E-state index contributed by atoms with van der Waals surface area (Å²) in [5.41, 5.74) is 3.05. The second-order valence-electron chi connectivity index (χ2n) is 6.71. The van der Waals surface area contributed by atoms with Gasteiger partial charge in [0.2, 0.25) is 0 Å². The van der Waals surface area contributed by atoms with Gasteiger partial charge in [-0.3, -0.25) is 4.99 Å². The Kier molecular flexibility index (Phi) is 5.65. The van der Waals surface area contributed by atoms with Gasteiger partial charge in [0.15, 0.2) is 0 Å². The Morgan fingerprint density at radius 3 is 2.00 bits per heavy atom. The molecule has 0 aliphatic carbocycles. The molecule has 1 aliphatic rings. The van der Waals surface area contributed by atoms with Crippen LogP contribution in [0.15, 0.2) is 71.7 Å². The molecule has 0 unspecified atom stereocenters. The van der Waals surface area contributed by atoms with Crippen molar-refractivity contribution in [1.29, 1.82) is 0 Å². The summed E-state index contributed by atoms with van der Waals surface area (Å²) >= 11 is 12.2. The average Bonchev–Trinajstić information content (AvgIpc) is 3.19. The second kappa shape index (κ2) is 8.36. The highest BCUT2D eigenvalue weighted by Gasteiger charge is 2.32. The van der Waals surface area contributed by atoms with Crippen molar-refractivity contribution in [3.63, 3.8) is 0 Å². The van der Waals surface area contributed by atoms with Crippen LogP contribution in [-0.4, -0.2) is 20.1 Å². The highest BCUT2D eigenvalue weighted by atomic mass is 35.5. The van der Waals surface area contributed by atoms with Crippen LogP contribution >= 0.6 is 23.2 Å². The molecule has 0 aromatic heterocycles. The number of aliphatic imine (C=N–C) groups is 1. The topological polar surface area (TPSA) is 42.8 Å². The molecule has 6 heteroatoms. The molecule has 148 valence electrons. The molecular weight excluding hydrogens is 407 g/mol. The van der Waals surface area contributed by atoms with E-state index in [9.17, 15) is 0 Å². The maximum absolute atomic E-state index is 6.09. The van der Waals surface area contributed by atoms with Crippen molar-refractivity contribution < 1.29 is 9.47 Å². The van der Waals surface area contributed by atoms with E-state index in [1.165, 1.54) is 0 Å². The third-order valence-electron chi connectivity index (χ3n) is 4.98. The van der Waals surface area contributed by atoms with Gasteiger partial charge < -0.3 is 14.8 Å². The molecule has 1 N–H and O–H groups in total. The first-order valence-corrected chi connectivity index (χ1v) is 9.92. The van der Waals surface area contributed by atoms with Crippen molar-refractivity contribution >= 4 is 29.0 Å². The van der Waals surface area contributed by atoms with E-state index >= 15 is 0 Å². The molecule has 0 fully saturated rings. The van der Waals surface area contributed by atoms with Crippen molar-refractivity contribution in [2.45, 2.75) is 12.1 Å². The van der Waals surface area contributed by atoms with E-state index in [0.717, 1.165) is 28.3 Å². The van der Waals surface area contributed by atoms with Gasteiger partial charge in [0.05, 0.1) is 25.8 Å². The van der Waals surface area contributed by atoms with Gasteiger partial charge in [0, 0.05) is 16.1 Å². The Labute approximate surface area is 180 Å². The number of ether oxygens (including phenoxy) is 2. The number of hydrogen-bond donors (Lipinski definition) is 1. The average molecular weight is 427 g/mol. The summed E-state index contributed by atoms with van der Waals surface area (Å²) in [7, 11) is 3.27. The number of halogens is 2. The van der Waals surface area contributed by atoms with Gasteiger partial charge >= 0.3 is 0 Å². The summed E-state index contributed by atoms with van der Waals surface area (Å²) in [6.45, 7) is 0. The summed E-state index contributed by atoms with van der Waals surface area (Å²) in [5, 5.41) is 4.97. The smallest absolute Gasteiger partial charge is 0.133 e. The molecule has 1 aliphatic heterocycles. The molecule has 0 saturated heterocycles. The summed E-state index contributed by atoms with van der Waals surface area (Å²) in [6.07, 6.45) is 0. The maximum Gasteiger partial charge on any atom is 0.133 e. The Hall–Kier alpha value is -2.69. The van der Waals surface area contributed by atoms with Gasteiger partial charge in [-0.25, -0.2) is 0 Å². The van der Waals surface area contributed by atoms with Gasteiger partial charge in [-0.1, -0.05) is 47.5 Å². The van der Waals surface area contributed by atoms with Crippen molar-refractivity contribution in [1.82, 2.24) is 5.32 Å². The zero-order chi connectivity index (χ0) is 20.4. The lowest BCUT2D eigenvalue weighted by atomic mass is 9.95. The van der Waals surface area contributed by atoms with Gasteiger partial charge in [-0.15, -0.1) is 0 Å². The largest absolute Gasteiger partial charge is 0.497 e. The lowest BCUT2D eigenvalue weighted by molar-refractivity contribution is 0.393. The highest BCUT2D eigenvalue weighted by Crippen LogP contribution is 2.39. The normalized spacial score (nSPS) is 18.1. The van der Waals surface area contributed by atoms with Gasteiger partial charge in [-0.2, -0.15) is 0 Å². The number of benzene rings is 3. The van der Waals surface area contributed by atoms with E-state index in [-0.39, 0.29) is 12.1 Å². The third kappa shape index (κ3) is 4.04. The zero-order valence-corrected chi connectivity index (χ0v) is 17.5. The van der Waals surface area contributed by atoms with Crippen molar-refractivity contribution in [3.05, 3.63) is 93.5 Å². The van der Waals surface area contributed by atoms with E-state index in [1.807, 2.05) is 66.7 Å². The van der Waals surface area contributed by atoms with E-state index in [2.05, 4.69) is 5.32 Å².